The van der Waals surface area contributed by atoms with Crippen LogP contribution < -0.4 is 5.32 Å². The summed E-state index contributed by atoms with van der Waals surface area (Å²) < 4.78 is 23.8. The third-order valence-corrected chi connectivity index (χ3v) is 7.12. The Labute approximate surface area is 186 Å². The van der Waals surface area contributed by atoms with Gasteiger partial charge in [0.25, 0.3) is 0 Å². The molecule has 2 aromatic rings. The highest BCUT2D eigenvalue weighted by Crippen LogP contribution is 2.36. The van der Waals surface area contributed by atoms with Crippen molar-refractivity contribution in [3.8, 4) is 0 Å². The molecule has 0 saturated heterocycles. The highest BCUT2D eigenvalue weighted by molar-refractivity contribution is 7.90. The SMILES string of the molecule is C/C(=N\O)c1cnc(NC(=O)[C@H](CC2CCCC2)c2ccc(S(C)(=O)=O)c(Cl)c2)cn1. The smallest absolute Gasteiger partial charge is 0.233 e. The molecule has 10 heteroatoms. The molecule has 1 heterocycles. The van der Waals surface area contributed by atoms with Crippen molar-refractivity contribution in [2.45, 2.75) is 49.8 Å². The van der Waals surface area contributed by atoms with Crippen LogP contribution >= 0.6 is 11.6 Å². The second-order valence-electron chi connectivity index (χ2n) is 7.86. The molecule has 0 spiro atoms. The topological polar surface area (TPSA) is 122 Å². The Morgan fingerprint density at radius 3 is 2.55 bits per heavy atom. The third-order valence-electron chi connectivity index (χ3n) is 5.54. The van der Waals surface area contributed by atoms with Gasteiger partial charge in [0.2, 0.25) is 5.91 Å². The molecular weight excluding hydrogens is 440 g/mol. The first-order valence-corrected chi connectivity index (χ1v) is 12.3. The van der Waals surface area contributed by atoms with E-state index < -0.39 is 15.8 Å². The Morgan fingerprint density at radius 2 is 2.00 bits per heavy atom. The highest BCUT2D eigenvalue weighted by Gasteiger charge is 2.28. The maximum atomic E-state index is 13.2. The van der Waals surface area contributed by atoms with E-state index in [1.165, 1.54) is 18.5 Å². The second kappa shape index (κ2) is 9.74. The van der Waals surface area contributed by atoms with Crippen molar-refractivity contribution in [3.05, 3.63) is 46.9 Å². The molecule has 0 bridgehead atoms. The first kappa shape index (κ1) is 23.1. The number of rotatable bonds is 7. The standard InChI is InChI=1S/C21H25ClN4O4S/c1-13(26-28)18-11-24-20(12-23-18)25-21(27)16(9-14-5-3-4-6-14)15-7-8-19(17(22)10-15)31(2,29)30/h7-8,10-12,14,16,28H,3-6,9H2,1-2H3,(H,24,25,27)/b26-13+/t16-/m1/s1. The van der Waals surface area contributed by atoms with Crippen LogP contribution in [-0.4, -0.2) is 41.5 Å². The quantitative estimate of drug-likeness (QED) is 0.362. The van der Waals surface area contributed by atoms with Crippen molar-refractivity contribution in [2.75, 3.05) is 11.6 Å². The number of carbonyl (C=O) groups excluding carboxylic acids is 1. The fourth-order valence-electron chi connectivity index (χ4n) is 3.85. The fourth-order valence-corrected chi connectivity index (χ4v) is 5.19. The minimum atomic E-state index is -3.46. The molecule has 1 aliphatic carbocycles. The maximum Gasteiger partial charge on any atom is 0.233 e. The molecule has 1 aromatic carbocycles. The van der Waals surface area contributed by atoms with E-state index >= 15 is 0 Å². The van der Waals surface area contributed by atoms with Crippen molar-refractivity contribution in [1.82, 2.24) is 9.97 Å². The average Bonchev–Trinajstić information content (AvgIpc) is 3.24. The zero-order chi connectivity index (χ0) is 22.6. The number of carbonyl (C=O) groups is 1. The summed E-state index contributed by atoms with van der Waals surface area (Å²) in [5.41, 5.74) is 1.37. The summed E-state index contributed by atoms with van der Waals surface area (Å²) in [5.74, 6) is -0.0724. The minimum Gasteiger partial charge on any atom is -0.411 e. The van der Waals surface area contributed by atoms with E-state index in [2.05, 4.69) is 20.4 Å². The molecule has 0 aliphatic heterocycles. The van der Waals surface area contributed by atoms with Crippen LogP contribution in [0.1, 0.15) is 56.2 Å². The molecular formula is C21H25ClN4O4S. The molecule has 166 valence electrons. The summed E-state index contributed by atoms with van der Waals surface area (Å²) in [7, 11) is -3.46. The van der Waals surface area contributed by atoms with E-state index in [0.29, 0.717) is 29.3 Å². The molecule has 0 unspecified atom stereocenters. The van der Waals surface area contributed by atoms with Gasteiger partial charge in [-0.05, 0) is 37.0 Å². The van der Waals surface area contributed by atoms with Crippen LogP contribution in [-0.2, 0) is 14.6 Å². The average molecular weight is 465 g/mol. The van der Waals surface area contributed by atoms with Crippen LogP contribution in [0.15, 0.2) is 40.6 Å². The van der Waals surface area contributed by atoms with Gasteiger partial charge >= 0.3 is 0 Å². The molecule has 1 amide bonds. The van der Waals surface area contributed by atoms with Gasteiger partial charge in [0.05, 0.1) is 28.2 Å². The zero-order valence-corrected chi connectivity index (χ0v) is 18.9. The predicted molar refractivity (Wildman–Crippen MR) is 119 cm³/mol. The normalized spacial score (nSPS) is 16.3. The molecule has 1 aromatic heterocycles. The zero-order valence-electron chi connectivity index (χ0n) is 17.4. The summed E-state index contributed by atoms with van der Waals surface area (Å²) in [6, 6.07) is 4.66. The van der Waals surface area contributed by atoms with E-state index in [-0.39, 0.29) is 21.6 Å². The van der Waals surface area contributed by atoms with Crippen molar-refractivity contribution < 1.29 is 18.4 Å². The summed E-state index contributed by atoms with van der Waals surface area (Å²) in [6.45, 7) is 1.59. The Balaban J connectivity index is 1.86. The van der Waals surface area contributed by atoms with Gasteiger partial charge in [-0.15, -0.1) is 0 Å². The Kier molecular flexibility index (Phi) is 7.27. The minimum absolute atomic E-state index is 0.0420. The van der Waals surface area contributed by atoms with Gasteiger partial charge in [-0.3, -0.25) is 4.79 Å². The summed E-state index contributed by atoms with van der Waals surface area (Å²) in [4.78, 5) is 21.5. The lowest BCUT2D eigenvalue weighted by molar-refractivity contribution is -0.118. The first-order chi connectivity index (χ1) is 14.7. The summed E-state index contributed by atoms with van der Waals surface area (Å²) in [6.07, 6.45) is 8.96. The Bertz CT molecular complexity index is 1080. The van der Waals surface area contributed by atoms with Gasteiger partial charge in [0.15, 0.2) is 15.7 Å². The van der Waals surface area contributed by atoms with Crippen LogP contribution in [0.3, 0.4) is 0 Å². The van der Waals surface area contributed by atoms with Crippen molar-refractivity contribution in [1.29, 1.82) is 0 Å². The molecule has 1 saturated carbocycles. The van der Waals surface area contributed by atoms with Crippen molar-refractivity contribution in [2.24, 2.45) is 11.1 Å². The van der Waals surface area contributed by atoms with Crippen LogP contribution in [0, 0.1) is 5.92 Å². The van der Waals surface area contributed by atoms with E-state index in [1.54, 1.807) is 19.1 Å². The van der Waals surface area contributed by atoms with E-state index in [9.17, 15) is 13.2 Å². The number of nitrogens with one attached hydrogen (secondary N) is 1. The van der Waals surface area contributed by atoms with Crippen molar-refractivity contribution >= 4 is 38.9 Å². The molecule has 2 N–H and O–H groups in total. The van der Waals surface area contributed by atoms with Gasteiger partial charge in [-0.1, -0.05) is 48.5 Å². The van der Waals surface area contributed by atoms with Crippen LogP contribution in [0.5, 0.6) is 0 Å². The number of hydrogen-bond donors (Lipinski definition) is 2. The number of amides is 1. The molecule has 1 fully saturated rings. The highest BCUT2D eigenvalue weighted by atomic mass is 35.5. The van der Waals surface area contributed by atoms with E-state index in [4.69, 9.17) is 16.8 Å². The van der Waals surface area contributed by atoms with Gasteiger partial charge in [-0.2, -0.15) is 0 Å². The number of hydrogen-bond acceptors (Lipinski definition) is 7. The maximum absolute atomic E-state index is 13.2. The van der Waals surface area contributed by atoms with Gasteiger partial charge in [0.1, 0.15) is 11.4 Å². The summed E-state index contributed by atoms with van der Waals surface area (Å²) >= 11 is 6.24. The number of oxime groups is 1. The predicted octanol–water partition coefficient (Wildman–Crippen LogP) is 4.03. The number of anilines is 1. The monoisotopic (exact) mass is 464 g/mol. The Morgan fingerprint density at radius 1 is 1.29 bits per heavy atom. The molecule has 1 aliphatic rings. The fraction of sp³-hybridized carbons (Fsp3) is 0.429. The molecule has 0 radical (unpaired) electrons. The lowest BCUT2D eigenvalue weighted by atomic mass is 9.87. The first-order valence-electron chi connectivity index (χ1n) is 10.0. The summed E-state index contributed by atoms with van der Waals surface area (Å²) in [5, 5.41) is 14.8. The number of nitrogens with zero attached hydrogens (tertiary/aromatic N) is 3. The van der Waals surface area contributed by atoms with E-state index in [1.807, 2.05) is 0 Å². The molecule has 31 heavy (non-hydrogen) atoms. The number of halogens is 1. The lowest BCUT2D eigenvalue weighted by Gasteiger charge is -2.21. The number of aromatic nitrogens is 2. The van der Waals surface area contributed by atoms with Crippen LogP contribution in [0.4, 0.5) is 5.82 Å². The number of benzene rings is 1. The van der Waals surface area contributed by atoms with Gasteiger partial charge in [0, 0.05) is 6.26 Å². The van der Waals surface area contributed by atoms with Gasteiger partial charge < -0.3 is 10.5 Å². The lowest BCUT2D eigenvalue weighted by Crippen LogP contribution is -2.24. The second-order valence-corrected chi connectivity index (χ2v) is 10.3. The van der Waals surface area contributed by atoms with Crippen LogP contribution in [0.2, 0.25) is 5.02 Å². The largest absolute Gasteiger partial charge is 0.411 e. The third kappa shape index (κ3) is 5.80. The van der Waals surface area contributed by atoms with Crippen molar-refractivity contribution in [3.63, 3.8) is 0 Å². The number of sulfone groups is 1. The molecule has 8 nitrogen and oxygen atoms in total. The Hall–Kier alpha value is -2.52. The molecule has 3 rings (SSSR count). The molecule has 1 atom stereocenters. The van der Waals surface area contributed by atoms with E-state index in [0.717, 1.165) is 31.9 Å². The van der Waals surface area contributed by atoms with Gasteiger partial charge in [-0.25, -0.2) is 18.4 Å². The van der Waals surface area contributed by atoms with Crippen LogP contribution in [0.25, 0.3) is 0 Å².